The molecular formula is C22H30ClN2O+. The average molecular weight is 374 g/mol. The molecule has 1 unspecified atom stereocenters. The molecule has 0 fully saturated rings. The van der Waals surface area contributed by atoms with E-state index in [0.29, 0.717) is 18.4 Å². The van der Waals surface area contributed by atoms with Gasteiger partial charge in [-0.05, 0) is 35.1 Å². The summed E-state index contributed by atoms with van der Waals surface area (Å²) in [5.74, 6) is 0.776. The van der Waals surface area contributed by atoms with Gasteiger partial charge < -0.3 is 10.2 Å². The van der Waals surface area contributed by atoms with Crippen LogP contribution in [0.2, 0.25) is 5.02 Å². The maximum atomic E-state index is 12.7. The van der Waals surface area contributed by atoms with Crippen LogP contribution in [0.3, 0.4) is 0 Å². The van der Waals surface area contributed by atoms with E-state index in [9.17, 15) is 4.79 Å². The van der Waals surface area contributed by atoms with Crippen LogP contribution >= 0.6 is 11.6 Å². The van der Waals surface area contributed by atoms with Gasteiger partial charge in [0.05, 0.1) is 7.05 Å². The predicted molar refractivity (Wildman–Crippen MR) is 110 cm³/mol. The smallest absolute Gasteiger partial charge is 0.279 e. The maximum Gasteiger partial charge on any atom is 0.279 e. The van der Waals surface area contributed by atoms with Gasteiger partial charge in [-0.1, -0.05) is 69.6 Å². The third-order valence-electron chi connectivity index (χ3n) is 4.52. The van der Waals surface area contributed by atoms with Crippen molar-refractivity contribution >= 4 is 23.2 Å². The number of likely N-dealkylation sites (N-methyl/N-ethyl adjacent to an activating group) is 1. The lowest BCUT2D eigenvalue weighted by molar-refractivity contribution is -0.885. The highest BCUT2D eigenvalue weighted by atomic mass is 35.5. The summed E-state index contributed by atoms with van der Waals surface area (Å²) in [5, 5.41) is 3.92. The molecule has 0 saturated carbocycles. The zero-order chi connectivity index (χ0) is 19.3. The van der Waals surface area contributed by atoms with Crippen LogP contribution in [0.15, 0.2) is 42.5 Å². The van der Waals surface area contributed by atoms with Crippen LogP contribution < -0.4 is 10.2 Å². The van der Waals surface area contributed by atoms with Crippen LogP contribution in [-0.4, -0.2) is 19.5 Å². The summed E-state index contributed by atoms with van der Waals surface area (Å²) < 4.78 is 0. The minimum atomic E-state index is 0.0477. The number of amides is 1. The Hall–Kier alpha value is -1.84. The van der Waals surface area contributed by atoms with Crippen molar-refractivity contribution in [3.05, 3.63) is 64.2 Å². The van der Waals surface area contributed by atoms with Gasteiger partial charge in [-0.25, -0.2) is 0 Å². The number of rotatable bonds is 7. The lowest BCUT2D eigenvalue weighted by Crippen LogP contribution is -3.08. The van der Waals surface area contributed by atoms with Gasteiger partial charge in [0.25, 0.3) is 5.91 Å². The number of hydrogen-bond donors (Lipinski definition) is 2. The summed E-state index contributed by atoms with van der Waals surface area (Å²) in [6.45, 7) is 9.85. The molecule has 0 aliphatic carbocycles. The molecule has 1 atom stereocenters. The van der Waals surface area contributed by atoms with Crippen molar-refractivity contribution in [2.45, 2.75) is 46.1 Å². The van der Waals surface area contributed by atoms with E-state index in [1.165, 1.54) is 16.7 Å². The van der Waals surface area contributed by atoms with E-state index in [2.05, 4.69) is 51.2 Å². The molecule has 0 saturated heterocycles. The van der Waals surface area contributed by atoms with Crippen LogP contribution in [0.25, 0.3) is 0 Å². The second kappa shape index (κ2) is 9.20. The van der Waals surface area contributed by atoms with E-state index in [0.717, 1.165) is 22.2 Å². The van der Waals surface area contributed by atoms with Crippen molar-refractivity contribution in [1.82, 2.24) is 0 Å². The number of carbonyl (C=O) groups is 1. The summed E-state index contributed by atoms with van der Waals surface area (Å²) in [5.41, 5.74) is 4.55. The number of quaternary nitrogens is 1. The van der Waals surface area contributed by atoms with Crippen LogP contribution in [0.5, 0.6) is 0 Å². The number of hydrogen-bond acceptors (Lipinski definition) is 1. The first-order chi connectivity index (χ1) is 12.3. The Balaban J connectivity index is 2.08. The van der Waals surface area contributed by atoms with Crippen molar-refractivity contribution in [2.75, 3.05) is 18.9 Å². The first-order valence-corrected chi connectivity index (χ1v) is 9.64. The van der Waals surface area contributed by atoms with Crippen LogP contribution in [0.1, 0.15) is 56.2 Å². The van der Waals surface area contributed by atoms with E-state index in [1.54, 1.807) is 0 Å². The van der Waals surface area contributed by atoms with E-state index >= 15 is 0 Å². The summed E-state index contributed by atoms with van der Waals surface area (Å²) in [6.07, 6.45) is 0. The van der Waals surface area contributed by atoms with Gasteiger partial charge in [0, 0.05) is 16.3 Å². The molecule has 0 aromatic heterocycles. The number of anilines is 1. The molecule has 1 amide bonds. The second-order valence-electron chi connectivity index (χ2n) is 7.61. The summed E-state index contributed by atoms with van der Waals surface area (Å²) in [7, 11) is 2.03. The first-order valence-electron chi connectivity index (χ1n) is 9.26. The summed E-state index contributed by atoms with van der Waals surface area (Å²) >= 11 is 5.93. The molecule has 0 aliphatic rings. The van der Waals surface area contributed by atoms with Crippen molar-refractivity contribution < 1.29 is 9.69 Å². The molecule has 0 spiro atoms. The van der Waals surface area contributed by atoms with Crippen molar-refractivity contribution in [2.24, 2.45) is 0 Å². The Bertz CT molecular complexity index is 712. The average Bonchev–Trinajstić information content (AvgIpc) is 2.56. The normalized spacial score (nSPS) is 12.5. The molecule has 2 rings (SSSR count). The molecule has 3 nitrogen and oxygen atoms in total. The van der Waals surface area contributed by atoms with Gasteiger partial charge in [0.1, 0.15) is 6.54 Å². The Morgan fingerprint density at radius 3 is 2.04 bits per heavy atom. The minimum Gasteiger partial charge on any atom is -0.326 e. The zero-order valence-corrected chi connectivity index (χ0v) is 17.2. The molecule has 0 aliphatic heterocycles. The number of halogens is 1. The number of benzene rings is 2. The fourth-order valence-corrected chi connectivity index (χ4v) is 3.29. The van der Waals surface area contributed by atoms with Gasteiger partial charge in [0.15, 0.2) is 6.54 Å². The standard InChI is InChI=1S/C22H29ClN2O/c1-15(2)19-7-6-8-20(16(3)4)22(19)24-21(26)14-25(5)13-17-9-11-18(23)12-10-17/h6-12,15-16H,13-14H2,1-5H3,(H,24,26)/p+1. The highest BCUT2D eigenvalue weighted by molar-refractivity contribution is 6.30. The van der Waals surface area contributed by atoms with Crippen LogP contribution in [-0.2, 0) is 11.3 Å². The van der Waals surface area contributed by atoms with Gasteiger partial charge in [-0.3, -0.25) is 4.79 Å². The first kappa shape index (κ1) is 20.5. The van der Waals surface area contributed by atoms with E-state index in [-0.39, 0.29) is 5.91 Å². The Labute approximate surface area is 162 Å². The Morgan fingerprint density at radius 2 is 1.54 bits per heavy atom. The highest BCUT2D eigenvalue weighted by Crippen LogP contribution is 2.32. The van der Waals surface area contributed by atoms with Gasteiger partial charge >= 0.3 is 0 Å². The van der Waals surface area contributed by atoms with Gasteiger partial charge in [-0.15, -0.1) is 0 Å². The van der Waals surface area contributed by atoms with Crippen molar-refractivity contribution in [1.29, 1.82) is 0 Å². The molecule has 2 aromatic carbocycles. The molecule has 2 aromatic rings. The number of carbonyl (C=O) groups excluding carboxylic acids is 1. The fourth-order valence-electron chi connectivity index (χ4n) is 3.17. The SMILES string of the molecule is CC(C)c1cccc(C(C)C)c1NC(=O)C[NH+](C)Cc1ccc(Cl)cc1. The largest absolute Gasteiger partial charge is 0.326 e. The summed E-state index contributed by atoms with van der Waals surface area (Å²) in [6, 6.07) is 14.1. The molecule has 0 bridgehead atoms. The van der Waals surface area contributed by atoms with E-state index in [4.69, 9.17) is 11.6 Å². The Kier molecular flexibility index (Phi) is 7.24. The molecule has 0 heterocycles. The quantitative estimate of drug-likeness (QED) is 0.747. The zero-order valence-electron chi connectivity index (χ0n) is 16.4. The maximum absolute atomic E-state index is 12.7. The number of para-hydroxylation sites is 1. The topological polar surface area (TPSA) is 33.5 Å². The molecule has 4 heteroatoms. The van der Waals surface area contributed by atoms with E-state index < -0.39 is 0 Å². The number of nitrogens with one attached hydrogen (secondary N) is 2. The third kappa shape index (κ3) is 5.58. The molecular weight excluding hydrogens is 344 g/mol. The van der Waals surface area contributed by atoms with Gasteiger partial charge in [-0.2, -0.15) is 0 Å². The lowest BCUT2D eigenvalue weighted by Gasteiger charge is -2.21. The van der Waals surface area contributed by atoms with Crippen molar-refractivity contribution in [3.8, 4) is 0 Å². The fraction of sp³-hybridized carbons (Fsp3) is 0.409. The molecule has 0 radical (unpaired) electrons. The van der Waals surface area contributed by atoms with Gasteiger partial charge in [0.2, 0.25) is 0 Å². The molecule has 26 heavy (non-hydrogen) atoms. The molecule has 140 valence electrons. The van der Waals surface area contributed by atoms with Crippen molar-refractivity contribution in [3.63, 3.8) is 0 Å². The highest BCUT2D eigenvalue weighted by Gasteiger charge is 2.18. The second-order valence-corrected chi connectivity index (χ2v) is 8.04. The van der Waals surface area contributed by atoms with Crippen LogP contribution in [0.4, 0.5) is 5.69 Å². The minimum absolute atomic E-state index is 0.0477. The summed E-state index contributed by atoms with van der Waals surface area (Å²) in [4.78, 5) is 13.8. The predicted octanol–water partition coefficient (Wildman–Crippen LogP) is 4.24. The lowest BCUT2D eigenvalue weighted by atomic mass is 9.92. The van der Waals surface area contributed by atoms with E-state index in [1.807, 2.05) is 31.3 Å². The monoisotopic (exact) mass is 373 g/mol. The Morgan fingerprint density at radius 1 is 1.00 bits per heavy atom. The third-order valence-corrected chi connectivity index (χ3v) is 4.77. The molecule has 2 N–H and O–H groups in total. The van der Waals surface area contributed by atoms with Crippen LogP contribution in [0, 0.1) is 0 Å².